The topological polar surface area (TPSA) is 13.1 Å². The van der Waals surface area contributed by atoms with E-state index in [1.165, 1.54) is 96.6 Å². The molecular formula is C48H28OS. The van der Waals surface area contributed by atoms with Crippen molar-refractivity contribution in [3.8, 4) is 33.4 Å². The van der Waals surface area contributed by atoms with E-state index in [9.17, 15) is 0 Å². The summed E-state index contributed by atoms with van der Waals surface area (Å²) in [5, 5.41) is 12.3. The summed E-state index contributed by atoms with van der Waals surface area (Å²) in [6, 6.07) is 61.8. The van der Waals surface area contributed by atoms with Crippen LogP contribution in [0.3, 0.4) is 0 Å². The van der Waals surface area contributed by atoms with E-state index in [1.807, 2.05) is 11.3 Å². The number of benzene rings is 9. The largest absolute Gasteiger partial charge is 0.455 e. The molecule has 9 aromatic carbocycles. The number of rotatable bonds is 3. The summed E-state index contributed by atoms with van der Waals surface area (Å²) < 4.78 is 9.39. The second-order valence-corrected chi connectivity index (χ2v) is 14.2. The Morgan fingerprint density at radius 1 is 0.340 bits per heavy atom. The monoisotopic (exact) mass is 652 g/mol. The maximum atomic E-state index is 6.85. The van der Waals surface area contributed by atoms with Crippen LogP contribution in [0, 0.1) is 0 Å². The van der Waals surface area contributed by atoms with Crippen LogP contribution in [0.4, 0.5) is 0 Å². The summed E-state index contributed by atoms with van der Waals surface area (Å²) in [5.74, 6) is 0. The third-order valence-electron chi connectivity index (χ3n) is 10.5. The lowest BCUT2D eigenvalue weighted by Gasteiger charge is -2.18. The molecular weight excluding hydrogens is 625 g/mol. The van der Waals surface area contributed by atoms with Crippen molar-refractivity contribution < 1.29 is 4.42 Å². The lowest BCUT2D eigenvalue weighted by molar-refractivity contribution is 0.673. The van der Waals surface area contributed by atoms with Gasteiger partial charge in [0.25, 0.3) is 0 Å². The first-order chi connectivity index (χ1) is 24.8. The van der Waals surface area contributed by atoms with Gasteiger partial charge in [-0.25, -0.2) is 0 Å². The highest BCUT2D eigenvalue weighted by molar-refractivity contribution is 7.26. The van der Waals surface area contributed by atoms with Crippen LogP contribution in [-0.2, 0) is 0 Å². The zero-order valence-electron chi connectivity index (χ0n) is 27.0. The van der Waals surface area contributed by atoms with Crippen molar-refractivity contribution in [2.45, 2.75) is 0 Å². The molecule has 232 valence electrons. The van der Waals surface area contributed by atoms with Crippen molar-refractivity contribution in [2.24, 2.45) is 0 Å². The van der Waals surface area contributed by atoms with E-state index in [1.54, 1.807) is 0 Å². The maximum Gasteiger partial charge on any atom is 0.144 e. The van der Waals surface area contributed by atoms with E-state index in [4.69, 9.17) is 4.42 Å². The fourth-order valence-corrected chi connectivity index (χ4v) is 9.42. The van der Waals surface area contributed by atoms with Gasteiger partial charge in [-0.2, -0.15) is 0 Å². The summed E-state index contributed by atoms with van der Waals surface area (Å²) in [6.07, 6.45) is 0. The molecule has 0 aliphatic rings. The second kappa shape index (κ2) is 10.6. The summed E-state index contributed by atoms with van der Waals surface area (Å²) in [4.78, 5) is 0. The Balaban J connectivity index is 1.13. The van der Waals surface area contributed by atoms with E-state index >= 15 is 0 Å². The molecule has 0 amide bonds. The minimum absolute atomic E-state index is 0.925. The number of hydrogen-bond acceptors (Lipinski definition) is 2. The Morgan fingerprint density at radius 3 is 1.52 bits per heavy atom. The van der Waals surface area contributed by atoms with Crippen LogP contribution in [0.2, 0.25) is 0 Å². The number of furan rings is 1. The molecule has 0 radical (unpaired) electrons. The van der Waals surface area contributed by atoms with Gasteiger partial charge in [-0.1, -0.05) is 146 Å². The van der Waals surface area contributed by atoms with Gasteiger partial charge >= 0.3 is 0 Å². The van der Waals surface area contributed by atoms with Crippen molar-refractivity contribution in [1.82, 2.24) is 0 Å². The molecule has 50 heavy (non-hydrogen) atoms. The average Bonchev–Trinajstić information content (AvgIpc) is 3.75. The molecule has 0 N–H and O–H groups in total. The Hall–Kier alpha value is -6.22. The fraction of sp³-hybridized carbons (Fsp3) is 0. The van der Waals surface area contributed by atoms with Gasteiger partial charge in [0.15, 0.2) is 0 Å². The molecule has 0 atom stereocenters. The van der Waals surface area contributed by atoms with Crippen LogP contribution in [0.25, 0.3) is 108 Å². The fourth-order valence-electron chi connectivity index (χ4n) is 8.32. The van der Waals surface area contributed by atoms with Crippen LogP contribution in [0.1, 0.15) is 0 Å². The molecule has 2 heterocycles. The molecule has 0 saturated heterocycles. The average molecular weight is 653 g/mol. The summed E-state index contributed by atoms with van der Waals surface area (Å²) in [5.41, 5.74) is 9.26. The number of fused-ring (bicyclic) bond motifs is 11. The quantitative estimate of drug-likeness (QED) is 0.173. The molecule has 0 aliphatic heterocycles. The van der Waals surface area contributed by atoms with E-state index in [0.717, 1.165) is 11.2 Å². The predicted octanol–water partition coefficient (Wildman–Crippen LogP) is 14.4. The first-order valence-electron chi connectivity index (χ1n) is 17.1. The third kappa shape index (κ3) is 3.94. The first kappa shape index (κ1) is 27.7. The molecule has 11 rings (SSSR count). The normalized spacial score (nSPS) is 12.0. The molecule has 0 fully saturated rings. The zero-order valence-corrected chi connectivity index (χ0v) is 27.8. The lowest BCUT2D eigenvalue weighted by Crippen LogP contribution is -1.91. The molecule has 0 spiro atoms. The summed E-state index contributed by atoms with van der Waals surface area (Å²) in [7, 11) is 0. The molecule has 0 saturated carbocycles. The number of thiophene rings is 1. The van der Waals surface area contributed by atoms with Gasteiger partial charge in [0, 0.05) is 30.9 Å². The van der Waals surface area contributed by atoms with Gasteiger partial charge in [-0.15, -0.1) is 11.3 Å². The SMILES string of the molecule is c1ccc(-c2c3ccccc3c(-c3ccc(-c4cc5oc6c(ccc7sc8ccccc8c76)c5c5ccccc45)cc3)c3ccccc23)cc1. The van der Waals surface area contributed by atoms with Gasteiger partial charge in [-0.05, 0) is 90.0 Å². The van der Waals surface area contributed by atoms with E-state index in [-0.39, 0.29) is 0 Å². The Morgan fingerprint density at radius 2 is 0.860 bits per heavy atom. The highest BCUT2D eigenvalue weighted by Gasteiger charge is 2.20. The molecule has 0 unspecified atom stereocenters. The first-order valence-corrected chi connectivity index (χ1v) is 17.9. The van der Waals surface area contributed by atoms with Crippen molar-refractivity contribution in [3.63, 3.8) is 0 Å². The van der Waals surface area contributed by atoms with Crippen LogP contribution in [0.15, 0.2) is 174 Å². The van der Waals surface area contributed by atoms with Crippen molar-refractivity contribution in [1.29, 1.82) is 0 Å². The molecule has 11 aromatic rings. The Labute approximate surface area is 292 Å². The van der Waals surface area contributed by atoms with Gasteiger partial charge < -0.3 is 4.42 Å². The summed E-state index contributed by atoms with van der Waals surface area (Å²) in [6.45, 7) is 0. The predicted molar refractivity (Wildman–Crippen MR) is 215 cm³/mol. The smallest absolute Gasteiger partial charge is 0.144 e. The molecule has 1 nitrogen and oxygen atoms in total. The van der Waals surface area contributed by atoms with E-state index in [2.05, 4.69) is 170 Å². The number of hydrogen-bond donors (Lipinski definition) is 0. The van der Waals surface area contributed by atoms with E-state index in [0.29, 0.717) is 0 Å². The van der Waals surface area contributed by atoms with Crippen molar-refractivity contribution in [2.75, 3.05) is 0 Å². The second-order valence-electron chi connectivity index (χ2n) is 13.1. The molecule has 0 aliphatic carbocycles. The van der Waals surface area contributed by atoms with Crippen LogP contribution >= 0.6 is 11.3 Å². The minimum atomic E-state index is 0.925. The van der Waals surface area contributed by atoms with Gasteiger partial charge in [0.2, 0.25) is 0 Å². The Kier molecular flexibility index (Phi) is 5.89. The zero-order chi connectivity index (χ0) is 32.8. The van der Waals surface area contributed by atoms with Crippen LogP contribution < -0.4 is 0 Å². The minimum Gasteiger partial charge on any atom is -0.455 e. The van der Waals surface area contributed by atoms with Crippen molar-refractivity contribution >= 4 is 85.8 Å². The van der Waals surface area contributed by atoms with Crippen LogP contribution in [-0.4, -0.2) is 0 Å². The molecule has 2 aromatic heterocycles. The molecule has 2 heteroatoms. The molecule has 0 bridgehead atoms. The standard InChI is InChI=1S/C48H28OS/c1-2-12-30(13-3-1)44-34-16-6-8-18-36(34)45(37-19-9-7-17-35(37)44)31-24-22-29(23-25-31)40-28-41-46(33-15-5-4-14-32(33)40)39-26-27-43-47(48(39)49-41)38-20-10-11-21-42(38)50-43/h1-28H. The maximum absolute atomic E-state index is 6.85. The van der Waals surface area contributed by atoms with Crippen LogP contribution in [0.5, 0.6) is 0 Å². The third-order valence-corrected chi connectivity index (χ3v) is 11.6. The lowest BCUT2D eigenvalue weighted by atomic mass is 9.85. The van der Waals surface area contributed by atoms with Gasteiger partial charge in [0.05, 0.1) is 0 Å². The van der Waals surface area contributed by atoms with Gasteiger partial charge in [-0.3, -0.25) is 0 Å². The summed E-state index contributed by atoms with van der Waals surface area (Å²) >= 11 is 1.83. The highest BCUT2D eigenvalue weighted by atomic mass is 32.1. The Bertz CT molecular complexity index is 3070. The van der Waals surface area contributed by atoms with E-state index < -0.39 is 0 Å². The van der Waals surface area contributed by atoms with Crippen molar-refractivity contribution in [3.05, 3.63) is 170 Å². The van der Waals surface area contributed by atoms with Gasteiger partial charge in [0.1, 0.15) is 11.2 Å². The highest BCUT2D eigenvalue weighted by Crippen LogP contribution is 2.47.